The average molecular weight is 641 g/mol. The van der Waals surface area contributed by atoms with E-state index in [4.69, 9.17) is 9.47 Å². The van der Waals surface area contributed by atoms with Crippen LogP contribution in [0.3, 0.4) is 0 Å². The molecule has 2 heterocycles. The zero-order valence-electron chi connectivity index (χ0n) is 22.4. The Hall–Kier alpha value is -3.19. The molecule has 0 bridgehead atoms. The Bertz CT molecular complexity index is 1510. The SMILES string of the molecule is CC(C)(OC(=O)Nc1ccc2c(c1)N(S(=O)(=O)c1ccc(F)cc1)C[C@H](CNS(=O)(=O)N1CCOCC1)O2)C(F)(F)F. The van der Waals surface area contributed by atoms with Crippen molar-refractivity contribution in [2.75, 3.05) is 49.0 Å². The van der Waals surface area contributed by atoms with Gasteiger partial charge in [-0.05, 0) is 56.3 Å². The molecule has 4 rings (SSSR count). The third-order valence-corrected chi connectivity index (χ3v) is 9.74. The van der Waals surface area contributed by atoms with Crippen LogP contribution in [0.5, 0.6) is 5.75 Å². The summed E-state index contributed by atoms with van der Waals surface area (Å²) in [6, 6.07) is 7.60. The molecule has 12 nitrogen and oxygen atoms in total. The van der Waals surface area contributed by atoms with Crippen molar-refractivity contribution < 1.29 is 53.4 Å². The number of nitrogens with zero attached hydrogens (tertiary/aromatic N) is 2. The molecule has 1 fully saturated rings. The second-order valence-corrected chi connectivity index (χ2v) is 13.4. The Balaban J connectivity index is 1.61. The minimum absolute atomic E-state index is 0.0305. The van der Waals surface area contributed by atoms with E-state index in [1.54, 1.807) is 0 Å². The molecule has 1 atom stereocenters. The van der Waals surface area contributed by atoms with Gasteiger partial charge < -0.3 is 14.2 Å². The van der Waals surface area contributed by atoms with Crippen LogP contribution in [-0.4, -0.2) is 84.5 Å². The van der Waals surface area contributed by atoms with Gasteiger partial charge in [0, 0.05) is 18.8 Å². The molecule has 1 amide bonds. The third-order valence-electron chi connectivity index (χ3n) is 6.37. The van der Waals surface area contributed by atoms with Gasteiger partial charge in [-0.2, -0.15) is 30.6 Å². The second-order valence-electron chi connectivity index (χ2n) is 9.80. The number of sulfonamides is 1. The molecule has 0 saturated carbocycles. The first-order valence-corrected chi connectivity index (χ1v) is 15.4. The second kappa shape index (κ2) is 11.8. The van der Waals surface area contributed by atoms with Crippen LogP contribution in [0.15, 0.2) is 47.4 Å². The first-order valence-electron chi connectivity index (χ1n) is 12.5. The Labute approximate surface area is 239 Å². The van der Waals surface area contributed by atoms with Crippen LogP contribution in [0, 0.1) is 5.82 Å². The van der Waals surface area contributed by atoms with Crippen LogP contribution in [0.1, 0.15) is 13.8 Å². The summed E-state index contributed by atoms with van der Waals surface area (Å²) in [5, 5.41) is 2.14. The molecule has 0 unspecified atom stereocenters. The van der Waals surface area contributed by atoms with Gasteiger partial charge >= 0.3 is 12.3 Å². The van der Waals surface area contributed by atoms with E-state index in [0.717, 1.165) is 34.6 Å². The Morgan fingerprint density at radius 3 is 2.31 bits per heavy atom. The number of hydrogen-bond acceptors (Lipinski definition) is 8. The molecule has 0 aliphatic carbocycles. The summed E-state index contributed by atoms with van der Waals surface area (Å²) in [4.78, 5) is 11.9. The molecular weight excluding hydrogens is 612 g/mol. The number of fused-ring (bicyclic) bond motifs is 1. The van der Waals surface area contributed by atoms with E-state index in [0.29, 0.717) is 13.8 Å². The van der Waals surface area contributed by atoms with Crippen LogP contribution >= 0.6 is 0 Å². The number of carbonyl (C=O) groups excluding carboxylic acids is 1. The highest BCUT2D eigenvalue weighted by molar-refractivity contribution is 7.92. The Kier molecular flexibility index (Phi) is 8.94. The third kappa shape index (κ3) is 7.05. The van der Waals surface area contributed by atoms with Crippen molar-refractivity contribution in [3.63, 3.8) is 0 Å². The number of anilines is 2. The number of carbonyl (C=O) groups is 1. The fraction of sp³-hybridized carbons (Fsp3) is 0.458. The summed E-state index contributed by atoms with van der Waals surface area (Å²) in [6.45, 7) is 1.29. The standard InChI is InChI=1S/C24H28F4N4O8S2/c1-23(2,24(26,27)28)40-22(33)30-17-5-8-21-20(13-17)32(41(34,35)19-6-3-16(25)4-7-19)15-18(39-21)14-29-42(36,37)31-9-11-38-12-10-31/h3-8,13,18,29H,9-12,14-15H2,1-2H3,(H,30,33)/t18-/m0/s1. The zero-order chi connectivity index (χ0) is 30.9. The highest BCUT2D eigenvalue weighted by atomic mass is 32.2. The van der Waals surface area contributed by atoms with E-state index in [9.17, 15) is 39.2 Å². The van der Waals surface area contributed by atoms with Gasteiger partial charge in [0.1, 0.15) is 17.7 Å². The molecule has 0 aromatic heterocycles. The summed E-state index contributed by atoms with van der Waals surface area (Å²) >= 11 is 0. The number of hydrogen-bond donors (Lipinski definition) is 2. The van der Waals surface area contributed by atoms with Gasteiger partial charge in [-0.3, -0.25) is 9.62 Å². The van der Waals surface area contributed by atoms with E-state index >= 15 is 0 Å². The number of nitrogens with one attached hydrogen (secondary N) is 2. The maximum absolute atomic E-state index is 13.6. The fourth-order valence-electron chi connectivity index (χ4n) is 3.97. The number of benzene rings is 2. The predicted octanol–water partition coefficient (Wildman–Crippen LogP) is 2.84. The summed E-state index contributed by atoms with van der Waals surface area (Å²) in [5.41, 5.74) is -3.04. The van der Waals surface area contributed by atoms with Gasteiger partial charge in [0.15, 0.2) is 0 Å². The van der Waals surface area contributed by atoms with Crippen molar-refractivity contribution in [1.29, 1.82) is 0 Å². The lowest BCUT2D eigenvalue weighted by Gasteiger charge is -2.36. The fourth-order valence-corrected chi connectivity index (χ4v) is 6.67. The van der Waals surface area contributed by atoms with Crippen molar-refractivity contribution in [1.82, 2.24) is 9.03 Å². The van der Waals surface area contributed by atoms with Gasteiger partial charge in [-0.25, -0.2) is 17.6 Å². The monoisotopic (exact) mass is 640 g/mol. The van der Waals surface area contributed by atoms with Crippen LogP contribution in [0.25, 0.3) is 0 Å². The largest absolute Gasteiger partial charge is 0.485 e. The van der Waals surface area contributed by atoms with Gasteiger partial charge in [-0.1, -0.05) is 0 Å². The highest BCUT2D eigenvalue weighted by Crippen LogP contribution is 2.39. The molecular formula is C24H28F4N4O8S2. The molecule has 2 N–H and O–H groups in total. The maximum atomic E-state index is 13.6. The summed E-state index contributed by atoms with van der Waals surface area (Å²) in [5.74, 6) is -0.712. The first-order chi connectivity index (χ1) is 19.5. The molecule has 2 aliphatic rings. The number of ether oxygens (including phenoxy) is 3. The molecule has 232 valence electrons. The summed E-state index contributed by atoms with van der Waals surface area (Å²) in [7, 11) is -8.35. The van der Waals surface area contributed by atoms with Crippen LogP contribution < -0.4 is 19.1 Å². The van der Waals surface area contributed by atoms with Crippen molar-refractivity contribution in [3.8, 4) is 5.75 Å². The first kappa shape index (κ1) is 31.7. The van der Waals surface area contributed by atoms with Gasteiger partial charge in [-0.15, -0.1) is 0 Å². The molecule has 2 aliphatic heterocycles. The van der Waals surface area contributed by atoms with Crippen molar-refractivity contribution in [2.45, 2.75) is 36.6 Å². The van der Waals surface area contributed by atoms with Crippen LogP contribution in [0.2, 0.25) is 0 Å². The number of amides is 1. The quantitative estimate of drug-likeness (QED) is 0.420. The van der Waals surface area contributed by atoms with E-state index in [1.807, 2.05) is 0 Å². The molecule has 42 heavy (non-hydrogen) atoms. The normalized spacial score (nSPS) is 18.6. The molecule has 2 aromatic rings. The van der Waals surface area contributed by atoms with E-state index in [2.05, 4.69) is 14.8 Å². The summed E-state index contributed by atoms with van der Waals surface area (Å²) in [6.07, 6.45) is -7.33. The van der Waals surface area contributed by atoms with Gasteiger partial charge in [0.25, 0.3) is 20.2 Å². The topological polar surface area (TPSA) is 144 Å². The average Bonchev–Trinajstić information content (AvgIpc) is 2.91. The molecule has 0 radical (unpaired) electrons. The van der Waals surface area contributed by atoms with Crippen molar-refractivity contribution >= 4 is 37.7 Å². The van der Waals surface area contributed by atoms with E-state index in [-0.39, 0.29) is 54.9 Å². The molecule has 2 aromatic carbocycles. The number of rotatable bonds is 8. The highest BCUT2D eigenvalue weighted by Gasteiger charge is 2.51. The van der Waals surface area contributed by atoms with E-state index in [1.165, 1.54) is 16.4 Å². The predicted molar refractivity (Wildman–Crippen MR) is 141 cm³/mol. The smallest absolute Gasteiger partial charge is 0.427 e. The molecule has 1 saturated heterocycles. The molecule has 18 heteroatoms. The minimum Gasteiger partial charge on any atom is -0.485 e. The Morgan fingerprint density at radius 2 is 1.69 bits per heavy atom. The zero-order valence-corrected chi connectivity index (χ0v) is 24.0. The van der Waals surface area contributed by atoms with Crippen molar-refractivity contribution in [2.24, 2.45) is 0 Å². The van der Waals surface area contributed by atoms with Gasteiger partial charge in [0.2, 0.25) is 5.60 Å². The molecule has 0 spiro atoms. The number of alkyl halides is 3. The van der Waals surface area contributed by atoms with E-state index < -0.39 is 56.6 Å². The summed E-state index contributed by atoms with van der Waals surface area (Å²) < 4.78 is 126. The van der Waals surface area contributed by atoms with Crippen LogP contribution in [-0.2, 0) is 29.7 Å². The van der Waals surface area contributed by atoms with Crippen LogP contribution in [0.4, 0.5) is 33.7 Å². The number of morpholine rings is 1. The minimum atomic E-state index is -4.85. The van der Waals surface area contributed by atoms with Crippen molar-refractivity contribution in [3.05, 3.63) is 48.3 Å². The maximum Gasteiger partial charge on any atom is 0.427 e. The van der Waals surface area contributed by atoms with Gasteiger partial charge in [0.05, 0.1) is 36.9 Å². The number of halogens is 4. The lowest BCUT2D eigenvalue weighted by atomic mass is 10.1. The Morgan fingerprint density at radius 1 is 1.05 bits per heavy atom. The lowest BCUT2D eigenvalue weighted by molar-refractivity contribution is -0.242. The lowest BCUT2D eigenvalue weighted by Crippen LogP contribution is -2.52.